The lowest BCUT2D eigenvalue weighted by Crippen LogP contribution is -2.54. The van der Waals surface area contributed by atoms with Gasteiger partial charge in [-0.25, -0.2) is 12.7 Å². The first-order chi connectivity index (χ1) is 19.1. The minimum Gasteiger partial charge on any atom is -0.507 e. The molecule has 0 aromatic heterocycles. The van der Waals surface area contributed by atoms with Gasteiger partial charge in [-0.1, -0.05) is 18.2 Å². The van der Waals surface area contributed by atoms with Gasteiger partial charge in [-0.3, -0.25) is 19.3 Å². The number of rotatable bonds is 7. The maximum absolute atomic E-state index is 14.3. The fourth-order valence-electron chi connectivity index (χ4n) is 5.69. The fourth-order valence-corrected chi connectivity index (χ4v) is 6.59. The number of ketones is 1. The summed E-state index contributed by atoms with van der Waals surface area (Å²) in [6.45, 7) is 5.01. The van der Waals surface area contributed by atoms with Gasteiger partial charge in [0, 0.05) is 57.9 Å². The molecule has 2 aromatic carbocycles. The lowest BCUT2D eigenvalue weighted by Gasteiger charge is -2.36. The van der Waals surface area contributed by atoms with Gasteiger partial charge < -0.3 is 19.6 Å². The molecule has 3 aliphatic rings. The standard InChI is InChI=1S/C28H32N4O7S/c1-4-31-22-8-6-5-7-21(22)28(27(31)36)23(24(33)19-9-11-20(12-10-19)40(37,38)29(2)3)25(34)26(35)32(28)14-13-30-15-17-39-18-16-30/h5-12,33H,4,13-18H2,1-3H3/b24-23+. The molecule has 0 bridgehead atoms. The number of sulfonamides is 1. The van der Waals surface area contributed by atoms with Crippen LogP contribution in [0.15, 0.2) is 59.0 Å². The molecule has 3 heterocycles. The minimum atomic E-state index is -3.73. The number of ether oxygens (including phenoxy) is 1. The normalized spacial score (nSPS) is 23.1. The van der Waals surface area contributed by atoms with Crippen molar-refractivity contribution in [2.45, 2.75) is 17.4 Å². The highest BCUT2D eigenvalue weighted by Gasteiger charge is 2.66. The van der Waals surface area contributed by atoms with E-state index in [-0.39, 0.29) is 22.6 Å². The molecule has 1 unspecified atom stereocenters. The number of morpholine rings is 1. The second-order valence-corrected chi connectivity index (χ2v) is 12.2. The number of benzene rings is 2. The summed E-state index contributed by atoms with van der Waals surface area (Å²) in [5.41, 5.74) is -1.06. The molecule has 1 spiro atoms. The zero-order valence-electron chi connectivity index (χ0n) is 22.7. The van der Waals surface area contributed by atoms with E-state index in [9.17, 15) is 27.9 Å². The SMILES string of the molecule is CCN1C(=O)C2(/C(=C(/O)c3ccc(S(=O)(=O)N(C)C)cc3)C(=O)C(=O)N2CCN2CCOCC2)c2ccccc21. The topological polar surface area (TPSA) is 128 Å². The average molecular weight is 569 g/mol. The van der Waals surface area contributed by atoms with Crippen molar-refractivity contribution >= 4 is 39.1 Å². The number of aliphatic hydroxyl groups is 1. The number of nitrogens with zero attached hydrogens (tertiary/aromatic N) is 4. The van der Waals surface area contributed by atoms with E-state index in [4.69, 9.17) is 4.74 Å². The molecule has 40 heavy (non-hydrogen) atoms. The predicted octanol–water partition coefficient (Wildman–Crippen LogP) is 1.21. The summed E-state index contributed by atoms with van der Waals surface area (Å²) in [4.78, 5) is 46.5. The second kappa shape index (κ2) is 10.4. The Labute approximate surface area is 233 Å². The molecule has 0 radical (unpaired) electrons. The predicted molar refractivity (Wildman–Crippen MR) is 147 cm³/mol. The Morgan fingerprint density at radius 3 is 2.27 bits per heavy atom. The number of amides is 2. The Morgan fingerprint density at radius 2 is 1.65 bits per heavy atom. The number of Topliss-reactive ketones (excluding diaryl/α,β-unsaturated/α-hetero) is 1. The Hall–Kier alpha value is -3.58. The zero-order valence-corrected chi connectivity index (χ0v) is 23.5. The molecule has 0 saturated carbocycles. The maximum Gasteiger partial charge on any atom is 0.296 e. The van der Waals surface area contributed by atoms with Gasteiger partial charge in [0.15, 0.2) is 5.54 Å². The van der Waals surface area contributed by atoms with Crippen LogP contribution in [0.25, 0.3) is 5.76 Å². The number of hydrogen-bond acceptors (Lipinski definition) is 8. The van der Waals surface area contributed by atoms with Crippen molar-refractivity contribution in [2.24, 2.45) is 0 Å². The Bertz CT molecular complexity index is 1500. The van der Waals surface area contributed by atoms with Crippen LogP contribution in [0.3, 0.4) is 0 Å². The number of para-hydroxylation sites is 1. The quantitative estimate of drug-likeness (QED) is 0.300. The van der Waals surface area contributed by atoms with Crippen LogP contribution in [0.5, 0.6) is 0 Å². The molecule has 12 heteroatoms. The summed E-state index contributed by atoms with van der Waals surface area (Å²) in [5, 5.41) is 11.6. The molecular weight excluding hydrogens is 536 g/mol. The van der Waals surface area contributed by atoms with Gasteiger partial charge in [-0.2, -0.15) is 0 Å². The van der Waals surface area contributed by atoms with E-state index in [2.05, 4.69) is 4.90 Å². The van der Waals surface area contributed by atoms with Gasteiger partial charge in [0.2, 0.25) is 10.0 Å². The summed E-state index contributed by atoms with van der Waals surface area (Å²) < 4.78 is 31.6. The number of likely N-dealkylation sites (tertiary alicyclic amines) is 1. The van der Waals surface area contributed by atoms with Crippen LogP contribution in [-0.4, -0.2) is 105 Å². The highest BCUT2D eigenvalue weighted by Crippen LogP contribution is 2.53. The molecular formula is C28H32N4O7S. The molecule has 2 amide bonds. The van der Waals surface area contributed by atoms with Crippen molar-refractivity contribution in [1.29, 1.82) is 0 Å². The van der Waals surface area contributed by atoms with Crippen molar-refractivity contribution in [3.8, 4) is 0 Å². The highest BCUT2D eigenvalue weighted by atomic mass is 32.2. The summed E-state index contributed by atoms with van der Waals surface area (Å²) in [7, 11) is -0.922. The van der Waals surface area contributed by atoms with E-state index < -0.39 is 38.9 Å². The monoisotopic (exact) mass is 568 g/mol. The van der Waals surface area contributed by atoms with Crippen molar-refractivity contribution in [3.05, 3.63) is 65.2 Å². The largest absolute Gasteiger partial charge is 0.507 e. The number of carbonyl (C=O) groups excluding carboxylic acids is 3. The summed E-state index contributed by atoms with van der Waals surface area (Å²) in [6.07, 6.45) is 0. The molecule has 11 nitrogen and oxygen atoms in total. The fraction of sp³-hybridized carbons (Fsp3) is 0.393. The maximum atomic E-state index is 14.3. The molecule has 5 rings (SSSR count). The molecule has 2 fully saturated rings. The van der Waals surface area contributed by atoms with Crippen molar-refractivity contribution in [2.75, 3.05) is 64.9 Å². The number of likely N-dealkylation sites (N-methyl/N-ethyl adjacent to an activating group) is 1. The molecule has 1 atom stereocenters. The summed E-state index contributed by atoms with van der Waals surface area (Å²) in [6, 6.07) is 12.3. The van der Waals surface area contributed by atoms with Crippen LogP contribution >= 0.6 is 0 Å². The smallest absolute Gasteiger partial charge is 0.296 e. The van der Waals surface area contributed by atoms with E-state index in [1.807, 2.05) is 0 Å². The molecule has 3 aliphatic heterocycles. The van der Waals surface area contributed by atoms with Crippen LogP contribution in [0.1, 0.15) is 18.1 Å². The molecule has 2 aromatic rings. The number of aliphatic hydroxyl groups excluding tert-OH is 1. The Morgan fingerprint density at radius 1 is 1.00 bits per heavy atom. The number of carbonyl (C=O) groups is 3. The Balaban J connectivity index is 1.68. The van der Waals surface area contributed by atoms with Gasteiger partial charge in [0.1, 0.15) is 5.76 Å². The molecule has 1 N–H and O–H groups in total. The van der Waals surface area contributed by atoms with Crippen LogP contribution in [0.2, 0.25) is 0 Å². The first-order valence-electron chi connectivity index (χ1n) is 13.1. The van der Waals surface area contributed by atoms with Crippen molar-refractivity contribution in [1.82, 2.24) is 14.1 Å². The van der Waals surface area contributed by atoms with E-state index in [0.717, 1.165) is 4.31 Å². The van der Waals surface area contributed by atoms with Gasteiger partial charge in [-0.05, 0) is 37.3 Å². The second-order valence-electron chi connectivity index (χ2n) is 10.1. The van der Waals surface area contributed by atoms with Crippen LogP contribution in [0, 0.1) is 0 Å². The Kier molecular flexibility index (Phi) is 7.29. The highest BCUT2D eigenvalue weighted by molar-refractivity contribution is 7.89. The van der Waals surface area contributed by atoms with E-state index in [0.29, 0.717) is 50.6 Å². The van der Waals surface area contributed by atoms with E-state index in [1.54, 1.807) is 31.2 Å². The van der Waals surface area contributed by atoms with Gasteiger partial charge in [0.25, 0.3) is 17.6 Å². The van der Waals surface area contributed by atoms with E-state index >= 15 is 0 Å². The third-order valence-corrected chi connectivity index (χ3v) is 9.60. The van der Waals surface area contributed by atoms with Crippen LogP contribution in [-0.2, 0) is 34.7 Å². The number of anilines is 1. The third-order valence-electron chi connectivity index (χ3n) is 7.78. The summed E-state index contributed by atoms with van der Waals surface area (Å²) in [5.74, 6) is -2.87. The minimum absolute atomic E-state index is 0.00540. The van der Waals surface area contributed by atoms with Gasteiger partial charge >= 0.3 is 0 Å². The lowest BCUT2D eigenvalue weighted by atomic mass is 9.82. The number of hydrogen-bond donors (Lipinski definition) is 1. The first-order valence-corrected chi connectivity index (χ1v) is 14.5. The third kappa shape index (κ3) is 4.14. The van der Waals surface area contributed by atoms with E-state index in [1.165, 1.54) is 48.2 Å². The lowest BCUT2D eigenvalue weighted by molar-refractivity contribution is -0.144. The molecule has 212 valence electrons. The van der Waals surface area contributed by atoms with Crippen molar-refractivity contribution in [3.63, 3.8) is 0 Å². The summed E-state index contributed by atoms with van der Waals surface area (Å²) >= 11 is 0. The number of fused-ring (bicyclic) bond motifs is 2. The van der Waals surface area contributed by atoms with Crippen LogP contribution in [0.4, 0.5) is 5.69 Å². The zero-order chi connectivity index (χ0) is 28.8. The molecule has 2 saturated heterocycles. The average Bonchev–Trinajstić information content (AvgIpc) is 3.34. The van der Waals surface area contributed by atoms with Gasteiger partial charge in [0.05, 0.1) is 29.4 Å². The first kappa shape index (κ1) is 28.0. The van der Waals surface area contributed by atoms with Crippen LogP contribution < -0.4 is 4.90 Å². The van der Waals surface area contributed by atoms with Crippen molar-refractivity contribution < 1.29 is 32.6 Å². The van der Waals surface area contributed by atoms with Gasteiger partial charge in [-0.15, -0.1) is 0 Å². The molecule has 0 aliphatic carbocycles.